The van der Waals surface area contributed by atoms with Crippen molar-refractivity contribution in [2.45, 2.75) is 19.9 Å². The van der Waals surface area contributed by atoms with Crippen molar-refractivity contribution >= 4 is 23.5 Å². The standard InChI is InChI=1S/C21H22N2O4/c1-14-6-5-7-15(10-14)12-23-13-16(11-19(23)24)20(25)22-18-9-4-3-8-17(18)21(26)27-2/h3-10,16H,11-13H2,1-2H3,(H,22,25). The quantitative estimate of drug-likeness (QED) is 0.826. The van der Waals surface area contributed by atoms with Gasteiger partial charge in [0.25, 0.3) is 0 Å². The molecule has 0 aliphatic carbocycles. The molecule has 1 saturated heterocycles. The lowest BCUT2D eigenvalue weighted by molar-refractivity contribution is -0.128. The Morgan fingerprint density at radius 3 is 2.70 bits per heavy atom. The molecule has 1 aliphatic rings. The number of carbonyl (C=O) groups is 3. The Hall–Kier alpha value is -3.15. The summed E-state index contributed by atoms with van der Waals surface area (Å²) in [5, 5.41) is 2.76. The zero-order valence-corrected chi connectivity index (χ0v) is 15.4. The number of ether oxygens (including phenoxy) is 1. The number of esters is 1. The van der Waals surface area contributed by atoms with E-state index in [-0.39, 0.29) is 23.8 Å². The number of likely N-dealkylation sites (tertiary alicyclic amines) is 1. The van der Waals surface area contributed by atoms with Gasteiger partial charge >= 0.3 is 5.97 Å². The SMILES string of the molecule is COC(=O)c1ccccc1NC(=O)C1CC(=O)N(Cc2cccc(C)c2)C1. The van der Waals surface area contributed by atoms with Crippen LogP contribution in [0.5, 0.6) is 0 Å². The predicted molar refractivity (Wildman–Crippen MR) is 101 cm³/mol. The third-order valence-corrected chi connectivity index (χ3v) is 4.63. The molecule has 1 unspecified atom stereocenters. The van der Waals surface area contributed by atoms with Crippen molar-refractivity contribution in [2.75, 3.05) is 19.0 Å². The summed E-state index contributed by atoms with van der Waals surface area (Å²) >= 11 is 0. The van der Waals surface area contributed by atoms with Gasteiger partial charge in [0.2, 0.25) is 11.8 Å². The summed E-state index contributed by atoms with van der Waals surface area (Å²) in [6.07, 6.45) is 0.165. The molecule has 0 aromatic heterocycles. The lowest BCUT2D eigenvalue weighted by Crippen LogP contribution is -2.28. The first-order valence-electron chi connectivity index (χ1n) is 8.79. The maximum absolute atomic E-state index is 12.6. The fraction of sp³-hybridized carbons (Fsp3) is 0.286. The van der Waals surface area contributed by atoms with Gasteiger partial charge in [0.05, 0.1) is 24.3 Å². The lowest BCUT2D eigenvalue weighted by atomic mass is 10.1. The zero-order valence-electron chi connectivity index (χ0n) is 15.4. The minimum absolute atomic E-state index is 0.0436. The molecule has 1 heterocycles. The van der Waals surface area contributed by atoms with E-state index >= 15 is 0 Å². The Balaban J connectivity index is 1.67. The predicted octanol–water partition coefficient (Wildman–Crippen LogP) is 2.77. The van der Waals surface area contributed by atoms with Crippen molar-refractivity contribution in [3.8, 4) is 0 Å². The van der Waals surface area contributed by atoms with Gasteiger partial charge in [-0.15, -0.1) is 0 Å². The van der Waals surface area contributed by atoms with Crippen LogP contribution in [0.25, 0.3) is 0 Å². The van der Waals surface area contributed by atoms with E-state index in [0.717, 1.165) is 11.1 Å². The first-order valence-corrected chi connectivity index (χ1v) is 8.79. The Bertz CT molecular complexity index is 878. The number of rotatable bonds is 5. The highest BCUT2D eigenvalue weighted by Crippen LogP contribution is 2.23. The molecule has 2 amide bonds. The third-order valence-electron chi connectivity index (χ3n) is 4.63. The normalized spacial score (nSPS) is 16.3. The van der Waals surface area contributed by atoms with Crippen LogP contribution in [0.1, 0.15) is 27.9 Å². The largest absolute Gasteiger partial charge is 0.465 e. The second-order valence-corrected chi connectivity index (χ2v) is 6.69. The van der Waals surface area contributed by atoms with Gasteiger partial charge in [-0.05, 0) is 24.6 Å². The molecule has 1 atom stereocenters. The number of nitrogens with one attached hydrogen (secondary N) is 1. The Morgan fingerprint density at radius 1 is 1.19 bits per heavy atom. The van der Waals surface area contributed by atoms with Crippen LogP contribution in [0, 0.1) is 12.8 Å². The number of methoxy groups -OCH3 is 1. The number of aryl methyl sites for hydroxylation is 1. The van der Waals surface area contributed by atoms with Gasteiger partial charge in [0, 0.05) is 19.5 Å². The minimum Gasteiger partial charge on any atom is -0.465 e. The fourth-order valence-corrected chi connectivity index (χ4v) is 3.25. The van der Waals surface area contributed by atoms with Gasteiger partial charge in [0.1, 0.15) is 0 Å². The Morgan fingerprint density at radius 2 is 1.96 bits per heavy atom. The minimum atomic E-state index is -0.519. The summed E-state index contributed by atoms with van der Waals surface area (Å²) in [7, 11) is 1.29. The molecular weight excluding hydrogens is 344 g/mol. The fourth-order valence-electron chi connectivity index (χ4n) is 3.25. The number of nitrogens with zero attached hydrogens (tertiary/aromatic N) is 1. The number of carbonyl (C=O) groups excluding carboxylic acids is 3. The molecule has 3 rings (SSSR count). The van der Waals surface area contributed by atoms with E-state index in [1.807, 2.05) is 31.2 Å². The number of amides is 2. The third kappa shape index (κ3) is 4.34. The van der Waals surface area contributed by atoms with Crippen molar-refractivity contribution in [2.24, 2.45) is 5.92 Å². The Labute approximate surface area is 158 Å². The van der Waals surface area contributed by atoms with E-state index in [0.29, 0.717) is 18.8 Å². The van der Waals surface area contributed by atoms with Crippen molar-refractivity contribution in [3.63, 3.8) is 0 Å². The summed E-state index contributed by atoms with van der Waals surface area (Å²) in [5.74, 6) is -1.29. The summed E-state index contributed by atoms with van der Waals surface area (Å²) in [4.78, 5) is 38.5. The summed E-state index contributed by atoms with van der Waals surface area (Å²) < 4.78 is 4.74. The zero-order chi connectivity index (χ0) is 19.4. The molecule has 2 aromatic carbocycles. The molecule has 2 aromatic rings. The average Bonchev–Trinajstić information content (AvgIpc) is 3.02. The van der Waals surface area contributed by atoms with Crippen LogP contribution in [0.15, 0.2) is 48.5 Å². The molecule has 1 N–H and O–H groups in total. The van der Waals surface area contributed by atoms with Crippen molar-refractivity contribution in [1.29, 1.82) is 0 Å². The van der Waals surface area contributed by atoms with Crippen LogP contribution in [-0.2, 0) is 20.9 Å². The summed E-state index contributed by atoms with van der Waals surface area (Å²) in [6.45, 7) is 2.85. The Kier molecular flexibility index (Phi) is 5.54. The maximum atomic E-state index is 12.6. The molecule has 6 nitrogen and oxygen atoms in total. The van der Waals surface area contributed by atoms with Crippen molar-refractivity contribution < 1.29 is 19.1 Å². The highest BCUT2D eigenvalue weighted by molar-refractivity contribution is 6.03. The van der Waals surface area contributed by atoms with Crippen LogP contribution in [-0.4, -0.2) is 36.3 Å². The molecule has 6 heteroatoms. The van der Waals surface area contributed by atoms with E-state index in [4.69, 9.17) is 4.74 Å². The number of anilines is 1. The van der Waals surface area contributed by atoms with Crippen molar-refractivity contribution in [1.82, 2.24) is 4.90 Å². The second kappa shape index (κ2) is 8.03. The first kappa shape index (κ1) is 18.6. The number of hydrogen-bond donors (Lipinski definition) is 1. The highest BCUT2D eigenvalue weighted by atomic mass is 16.5. The van der Waals surface area contributed by atoms with Gasteiger partial charge in [-0.25, -0.2) is 4.79 Å². The van der Waals surface area contributed by atoms with Crippen LogP contribution in [0.2, 0.25) is 0 Å². The van der Waals surface area contributed by atoms with E-state index in [1.165, 1.54) is 7.11 Å². The number of benzene rings is 2. The first-order chi connectivity index (χ1) is 13.0. The van der Waals surface area contributed by atoms with E-state index in [1.54, 1.807) is 29.2 Å². The summed E-state index contributed by atoms with van der Waals surface area (Å²) in [6, 6.07) is 14.6. The molecule has 27 heavy (non-hydrogen) atoms. The monoisotopic (exact) mass is 366 g/mol. The van der Waals surface area contributed by atoms with Crippen LogP contribution < -0.4 is 5.32 Å². The molecule has 0 bridgehead atoms. The van der Waals surface area contributed by atoms with Gasteiger partial charge < -0.3 is 15.0 Å². The average molecular weight is 366 g/mol. The maximum Gasteiger partial charge on any atom is 0.339 e. The van der Waals surface area contributed by atoms with Crippen LogP contribution in [0.3, 0.4) is 0 Å². The topological polar surface area (TPSA) is 75.7 Å². The molecule has 0 spiro atoms. The van der Waals surface area contributed by atoms with Crippen molar-refractivity contribution in [3.05, 3.63) is 65.2 Å². The summed E-state index contributed by atoms with van der Waals surface area (Å²) in [5.41, 5.74) is 2.85. The van der Waals surface area contributed by atoms with Crippen LogP contribution >= 0.6 is 0 Å². The number of para-hydroxylation sites is 1. The second-order valence-electron chi connectivity index (χ2n) is 6.69. The molecule has 1 fully saturated rings. The molecule has 0 radical (unpaired) electrons. The van der Waals surface area contributed by atoms with Gasteiger partial charge in [-0.1, -0.05) is 42.0 Å². The lowest BCUT2D eigenvalue weighted by Gasteiger charge is -2.17. The molecular formula is C21H22N2O4. The highest BCUT2D eigenvalue weighted by Gasteiger charge is 2.34. The van der Waals surface area contributed by atoms with Crippen LogP contribution in [0.4, 0.5) is 5.69 Å². The molecule has 140 valence electrons. The van der Waals surface area contributed by atoms with E-state index in [2.05, 4.69) is 5.32 Å². The smallest absolute Gasteiger partial charge is 0.339 e. The number of hydrogen-bond acceptors (Lipinski definition) is 4. The van der Waals surface area contributed by atoms with E-state index in [9.17, 15) is 14.4 Å². The van der Waals surface area contributed by atoms with Gasteiger partial charge in [-0.2, -0.15) is 0 Å². The van der Waals surface area contributed by atoms with E-state index < -0.39 is 11.9 Å². The molecule has 0 saturated carbocycles. The van der Waals surface area contributed by atoms with Gasteiger partial charge in [0.15, 0.2) is 0 Å². The van der Waals surface area contributed by atoms with Gasteiger partial charge in [-0.3, -0.25) is 9.59 Å². The molecule has 1 aliphatic heterocycles.